The Bertz CT molecular complexity index is 538. The van der Waals surface area contributed by atoms with E-state index in [2.05, 4.69) is 15.4 Å². The molecule has 0 bridgehead atoms. The lowest BCUT2D eigenvalue weighted by molar-refractivity contribution is -0.385. The number of anilines is 2. The molecule has 1 saturated carbocycles. The van der Waals surface area contributed by atoms with Gasteiger partial charge in [-0.15, -0.1) is 0 Å². The number of likely N-dealkylation sites (N-methyl/N-ethyl adjacent to an activating group) is 1. The summed E-state index contributed by atoms with van der Waals surface area (Å²) >= 11 is 0. The van der Waals surface area contributed by atoms with E-state index < -0.39 is 11.0 Å². The van der Waals surface area contributed by atoms with E-state index in [4.69, 9.17) is 5.84 Å². The highest BCUT2D eigenvalue weighted by atomic mass is 16.6. The Morgan fingerprint density at radius 1 is 1.43 bits per heavy atom. The number of aromatic nitrogens is 2. The summed E-state index contributed by atoms with van der Waals surface area (Å²) in [6, 6.07) is -0.197. The number of hydrogen-bond donors (Lipinski definition) is 3. The molecule has 0 aromatic carbocycles. The zero-order valence-electron chi connectivity index (χ0n) is 12.1. The zero-order chi connectivity index (χ0) is 15.6. The van der Waals surface area contributed by atoms with Crippen LogP contribution < -0.4 is 16.2 Å². The standard InChI is InChI=1S/C12H20N6O3/c1-7-10(18(20)21)11(15-12(14-7)16-13)17(2)8-5-3-4-6-9(8)19/h8-9,19H,3-6,13H2,1-2H3,(H,14,15,16). The second-order valence-electron chi connectivity index (χ2n) is 5.24. The fourth-order valence-corrected chi connectivity index (χ4v) is 2.78. The number of aryl methyl sites for hydroxylation is 1. The van der Waals surface area contributed by atoms with Crippen LogP contribution in [0.4, 0.5) is 17.5 Å². The Morgan fingerprint density at radius 2 is 2.10 bits per heavy atom. The van der Waals surface area contributed by atoms with Gasteiger partial charge in [0.15, 0.2) is 0 Å². The highest BCUT2D eigenvalue weighted by Gasteiger charge is 2.33. The third-order valence-corrected chi connectivity index (χ3v) is 3.88. The quantitative estimate of drug-likeness (QED) is 0.421. The SMILES string of the molecule is Cc1nc(NN)nc(N(C)C2CCCCC2O)c1[N+](=O)[O-]. The summed E-state index contributed by atoms with van der Waals surface area (Å²) in [6.07, 6.45) is 2.88. The Labute approximate surface area is 122 Å². The van der Waals surface area contributed by atoms with Gasteiger partial charge in [-0.1, -0.05) is 12.8 Å². The fourth-order valence-electron chi connectivity index (χ4n) is 2.78. The van der Waals surface area contributed by atoms with Crippen molar-refractivity contribution in [3.8, 4) is 0 Å². The summed E-state index contributed by atoms with van der Waals surface area (Å²) in [6.45, 7) is 1.54. The zero-order valence-corrected chi connectivity index (χ0v) is 12.1. The molecule has 1 aliphatic carbocycles. The molecule has 0 radical (unpaired) electrons. The second-order valence-corrected chi connectivity index (χ2v) is 5.24. The number of hydrogen-bond acceptors (Lipinski definition) is 8. The van der Waals surface area contributed by atoms with Crippen molar-refractivity contribution in [2.24, 2.45) is 5.84 Å². The van der Waals surface area contributed by atoms with Crippen molar-refractivity contribution < 1.29 is 10.0 Å². The summed E-state index contributed by atoms with van der Waals surface area (Å²) in [5.74, 6) is 5.60. The molecule has 2 rings (SSSR count). The van der Waals surface area contributed by atoms with Crippen LogP contribution >= 0.6 is 0 Å². The molecule has 0 saturated heterocycles. The van der Waals surface area contributed by atoms with Crippen LogP contribution in [0.2, 0.25) is 0 Å². The fraction of sp³-hybridized carbons (Fsp3) is 0.667. The van der Waals surface area contributed by atoms with Gasteiger partial charge < -0.3 is 10.0 Å². The highest BCUT2D eigenvalue weighted by molar-refractivity contribution is 5.62. The van der Waals surface area contributed by atoms with Crippen molar-refractivity contribution in [1.29, 1.82) is 0 Å². The van der Waals surface area contributed by atoms with E-state index in [0.717, 1.165) is 19.3 Å². The molecule has 1 aliphatic rings. The van der Waals surface area contributed by atoms with Crippen LogP contribution in [0.15, 0.2) is 0 Å². The molecule has 9 heteroatoms. The smallest absolute Gasteiger partial charge is 0.332 e. The van der Waals surface area contributed by atoms with Crippen molar-refractivity contribution in [2.75, 3.05) is 17.4 Å². The summed E-state index contributed by atoms with van der Waals surface area (Å²) < 4.78 is 0. The molecular weight excluding hydrogens is 276 g/mol. The monoisotopic (exact) mass is 296 g/mol. The van der Waals surface area contributed by atoms with Gasteiger partial charge in [-0.2, -0.15) is 4.98 Å². The van der Waals surface area contributed by atoms with Crippen molar-refractivity contribution in [3.05, 3.63) is 15.8 Å². The molecule has 1 aromatic heterocycles. The molecule has 21 heavy (non-hydrogen) atoms. The molecule has 0 spiro atoms. The first-order valence-corrected chi connectivity index (χ1v) is 6.86. The lowest BCUT2D eigenvalue weighted by Gasteiger charge is -2.35. The first-order valence-electron chi connectivity index (χ1n) is 6.86. The van der Waals surface area contributed by atoms with E-state index in [1.54, 1.807) is 11.9 Å². The van der Waals surface area contributed by atoms with Gasteiger partial charge in [0, 0.05) is 7.05 Å². The number of nitrogens with two attached hydrogens (primary N) is 1. The van der Waals surface area contributed by atoms with Gasteiger partial charge in [0.05, 0.1) is 17.1 Å². The van der Waals surface area contributed by atoms with Crippen molar-refractivity contribution in [1.82, 2.24) is 9.97 Å². The van der Waals surface area contributed by atoms with Crippen LogP contribution in [0.25, 0.3) is 0 Å². The predicted molar refractivity (Wildman–Crippen MR) is 77.9 cm³/mol. The van der Waals surface area contributed by atoms with Gasteiger partial charge in [0.1, 0.15) is 5.69 Å². The molecule has 1 fully saturated rings. The number of nitrogen functional groups attached to an aromatic ring is 1. The van der Waals surface area contributed by atoms with Crippen molar-refractivity contribution in [2.45, 2.75) is 44.8 Å². The van der Waals surface area contributed by atoms with E-state index in [-0.39, 0.29) is 29.2 Å². The molecular formula is C12H20N6O3. The molecule has 1 heterocycles. The maximum Gasteiger partial charge on any atom is 0.332 e. The first kappa shape index (κ1) is 15.4. The largest absolute Gasteiger partial charge is 0.391 e. The maximum atomic E-state index is 11.3. The number of nitrogens with one attached hydrogen (secondary N) is 1. The summed E-state index contributed by atoms with van der Waals surface area (Å²) in [7, 11) is 1.70. The van der Waals surface area contributed by atoms with Crippen molar-refractivity contribution >= 4 is 17.5 Å². The number of hydrazine groups is 1. The van der Waals surface area contributed by atoms with Gasteiger partial charge in [0.2, 0.25) is 11.8 Å². The van der Waals surface area contributed by atoms with E-state index in [9.17, 15) is 15.2 Å². The Morgan fingerprint density at radius 3 is 2.67 bits per heavy atom. The van der Waals surface area contributed by atoms with Crippen LogP contribution in [0.3, 0.4) is 0 Å². The molecule has 9 nitrogen and oxygen atoms in total. The van der Waals surface area contributed by atoms with Crippen molar-refractivity contribution in [3.63, 3.8) is 0 Å². The molecule has 0 amide bonds. The number of nitrogens with zero attached hydrogens (tertiary/aromatic N) is 4. The summed E-state index contributed by atoms with van der Waals surface area (Å²) in [5, 5.41) is 21.4. The summed E-state index contributed by atoms with van der Waals surface area (Å²) in [5.41, 5.74) is 2.38. The lowest BCUT2D eigenvalue weighted by atomic mass is 9.91. The van der Waals surface area contributed by atoms with Gasteiger partial charge in [-0.05, 0) is 19.8 Å². The van der Waals surface area contributed by atoms with Crippen LogP contribution in [0.5, 0.6) is 0 Å². The second kappa shape index (κ2) is 6.19. The summed E-state index contributed by atoms with van der Waals surface area (Å²) in [4.78, 5) is 20.5. The van der Waals surface area contributed by atoms with E-state index in [1.165, 1.54) is 6.92 Å². The molecule has 2 atom stereocenters. The highest BCUT2D eigenvalue weighted by Crippen LogP contribution is 2.33. The first-order chi connectivity index (χ1) is 9.95. The minimum Gasteiger partial charge on any atom is -0.391 e. The molecule has 2 unspecified atom stereocenters. The average molecular weight is 296 g/mol. The topological polar surface area (TPSA) is 130 Å². The Kier molecular flexibility index (Phi) is 4.53. The number of aliphatic hydroxyl groups is 1. The van der Waals surface area contributed by atoms with Gasteiger partial charge >= 0.3 is 5.69 Å². The third-order valence-electron chi connectivity index (χ3n) is 3.88. The van der Waals surface area contributed by atoms with Gasteiger partial charge in [-0.25, -0.2) is 10.8 Å². The molecule has 116 valence electrons. The van der Waals surface area contributed by atoms with Gasteiger partial charge in [0.25, 0.3) is 0 Å². The van der Waals surface area contributed by atoms with E-state index in [1.807, 2.05) is 0 Å². The number of nitro groups is 1. The van der Waals surface area contributed by atoms with Crippen LogP contribution in [0, 0.1) is 17.0 Å². The Balaban J connectivity index is 2.44. The average Bonchev–Trinajstić information content (AvgIpc) is 2.45. The van der Waals surface area contributed by atoms with E-state index in [0.29, 0.717) is 6.42 Å². The molecule has 0 aliphatic heterocycles. The third kappa shape index (κ3) is 3.03. The normalized spacial score (nSPS) is 21.9. The molecule has 4 N–H and O–H groups in total. The molecule has 1 aromatic rings. The van der Waals surface area contributed by atoms with Crippen LogP contribution in [-0.2, 0) is 0 Å². The minimum atomic E-state index is -0.520. The minimum absolute atomic E-state index is 0.116. The maximum absolute atomic E-state index is 11.3. The van der Waals surface area contributed by atoms with Gasteiger partial charge in [-0.3, -0.25) is 15.5 Å². The van der Waals surface area contributed by atoms with E-state index >= 15 is 0 Å². The van der Waals surface area contributed by atoms with Crippen LogP contribution in [-0.4, -0.2) is 39.2 Å². The Hall–Kier alpha value is -2.00. The number of rotatable bonds is 4. The predicted octanol–water partition coefficient (Wildman–Crippen LogP) is 0.719. The van der Waals surface area contributed by atoms with Crippen LogP contribution in [0.1, 0.15) is 31.4 Å². The lowest BCUT2D eigenvalue weighted by Crippen LogP contribution is -2.44. The number of aliphatic hydroxyl groups excluding tert-OH is 1.